The van der Waals surface area contributed by atoms with Crippen molar-refractivity contribution < 1.29 is 14.7 Å². The molecule has 0 saturated heterocycles. The molecule has 1 aliphatic carbocycles. The molecule has 0 spiro atoms. The minimum atomic E-state index is -0.813. The highest BCUT2D eigenvalue weighted by molar-refractivity contribution is 5.74. The van der Waals surface area contributed by atoms with Gasteiger partial charge in [0.05, 0.1) is 0 Å². The molecule has 2 amide bonds. The average molecular weight is 242 g/mol. The number of rotatable bonds is 6. The number of carboxylic acids is 1. The molecule has 0 aromatic carbocycles. The number of carbonyl (C=O) groups is 2. The number of amides is 2. The van der Waals surface area contributed by atoms with Crippen LogP contribution < -0.4 is 10.6 Å². The lowest BCUT2D eigenvalue weighted by Crippen LogP contribution is -2.48. The second-order valence-corrected chi connectivity index (χ2v) is 5.00. The van der Waals surface area contributed by atoms with E-state index in [0.29, 0.717) is 18.5 Å². The van der Waals surface area contributed by atoms with Crippen molar-refractivity contribution >= 4 is 12.0 Å². The van der Waals surface area contributed by atoms with E-state index < -0.39 is 5.97 Å². The summed E-state index contributed by atoms with van der Waals surface area (Å²) >= 11 is 0. The number of carbonyl (C=O) groups excluding carboxylic acids is 1. The molecule has 3 N–H and O–H groups in total. The predicted molar refractivity (Wildman–Crippen MR) is 64.8 cm³/mol. The minimum absolute atomic E-state index is 0.0126. The molecule has 0 heterocycles. The highest BCUT2D eigenvalue weighted by atomic mass is 16.4. The van der Waals surface area contributed by atoms with Crippen LogP contribution in [0.15, 0.2) is 0 Å². The molecule has 1 unspecified atom stereocenters. The normalized spacial score (nSPS) is 24.6. The van der Waals surface area contributed by atoms with E-state index in [4.69, 9.17) is 5.11 Å². The van der Waals surface area contributed by atoms with Gasteiger partial charge in [-0.05, 0) is 24.7 Å². The number of aliphatic carboxylic acids is 1. The fourth-order valence-corrected chi connectivity index (χ4v) is 2.10. The van der Waals surface area contributed by atoms with Gasteiger partial charge >= 0.3 is 12.0 Å². The summed E-state index contributed by atoms with van der Waals surface area (Å²) in [6.07, 6.45) is 2.95. The molecule has 1 atom stereocenters. The van der Waals surface area contributed by atoms with Gasteiger partial charge in [0.1, 0.15) is 0 Å². The molecule has 0 aromatic rings. The molecule has 98 valence electrons. The molecule has 1 rings (SSSR count). The molecule has 0 radical (unpaired) electrons. The molecule has 1 saturated carbocycles. The number of hydrogen-bond acceptors (Lipinski definition) is 2. The third-order valence-corrected chi connectivity index (χ3v) is 3.30. The van der Waals surface area contributed by atoms with Crippen LogP contribution in [0.1, 0.15) is 39.5 Å². The van der Waals surface area contributed by atoms with E-state index in [9.17, 15) is 9.59 Å². The maximum Gasteiger partial charge on any atom is 0.315 e. The second kappa shape index (κ2) is 6.47. The largest absolute Gasteiger partial charge is 0.481 e. The molecule has 1 fully saturated rings. The van der Waals surface area contributed by atoms with Gasteiger partial charge in [0.2, 0.25) is 0 Å². The molecular weight excluding hydrogens is 220 g/mol. The fraction of sp³-hybridized carbons (Fsp3) is 0.833. The quantitative estimate of drug-likeness (QED) is 0.661. The van der Waals surface area contributed by atoms with Crippen molar-refractivity contribution in [3.05, 3.63) is 0 Å². The summed E-state index contributed by atoms with van der Waals surface area (Å²) in [5.74, 6) is -0.0962. The zero-order chi connectivity index (χ0) is 12.8. The number of hydrogen-bond donors (Lipinski definition) is 3. The summed E-state index contributed by atoms with van der Waals surface area (Å²) in [5, 5.41) is 14.3. The summed E-state index contributed by atoms with van der Waals surface area (Å²) in [6.45, 7) is 4.52. The lowest BCUT2D eigenvalue weighted by molar-refractivity contribution is -0.138. The lowest BCUT2D eigenvalue weighted by Gasteiger charge is -2.33. The molecule has 0 aromatic heterocycles. The van der Waals surface area contributed by atoms with Gasteiger partial charge in [-0.3, -0.25) is 4.79 Å². The third-order valence-electron chi connectivity index (χ3n) is 3.30. The predicted octanol–water partition coefficient (Wildman–Crippen LogP) is 1.58. The number of carboxylic acid groups (broad SMARTS) is 1. The van der Waals surface area contributed by atoms with Crippen LogP contribution in [-0.2, 0) is 4.79 Å². The Bertz CT molecular complexity index is 275. The molecule has 0 aliphatic heterocycles. The Morgan fingerprint density at radius 1 is 1.41 bits per heavy atom. The van der Waals surface area contributed by atoms with Crippen LogP contribution in [0.5, 0.6) is 0 Å². The van der Waals surface area contributed by atoms with Crippen LogP contribution in [0.4, 0.5) is 4.79 Å². The minimum Gasteiger partial charge on any atom is -0.481 e. The maximum absolute atomic E-state index is 11.5. The first-order chi connectivity index (χ1) is 8.01. The van der Waals surface area contributed by atoms with Crippen molar-refractivity contribution in [2.45, 2.75) is 45.6 Å². The van der Waals surface area contributed by atoms with E-state index in [1.165, 1.54) is 0 Å². The van der Waals surface area contributed by atoms with E-state index in [1.54, 1.807) is 0 Å². The highest BCUT2D eigenvalue weighted by Gasteiger charge is 2.26. The van der Waals surface area contributed by atoms with Gasteiger partial charge in [-0.15, -0.1) is 0 Å². The van der Waals surface area contributed by atoms with Crippen LogP contribution in [0.25, 0.3) is 0 Å². The van der Waals surface area contributed by atoms with E-state index in [2.05, 4.69) is 17.6 Å². The number of nitrogens with one attached hydrogen (secondary N) is 2. The second-order valence-electron chi connectivity index (χ2n) is 5.00. The van der Waals surface area contributed by atoms with Gasteiger partial charge in [-0.1, -0.05) is 20.3 Å². The summed E-state index contributed by atoms with van der Waals surface area (Å²) in [6, 6.07) is 0.121. The van der Waals surface area contributed by atoms with Crippen molar-refractivity contribution in [2.75, 3.05) is 6.54 Å². The molecule has 17 heavy (non-hydrogen) atoms. The molecular formula is C12H22N2O3. The Morgan fingerprint density at radius 2 is 2.06 bits per heavy atom. The summed E-state index contributed by atoms with van der Waals surface area (Å²) in [4.78, 5) is 22.0. The van der Waals surface area contributed by atoms with Gasteiger partial charge in [0, 0.05) is 19.0 Å². The first-order valence-corrected chi connectivity index (χ1v) is 6.27. The summed E-state index contributed by atoms with van der Waals surface area (Å²) < 4.78 is 0. The van der Waals surface area contributed by atoms with Crippen molar-refractivity contribution in [1.29, 1.82) is 0 Å². The SMILES string of the molecule is CCC(CNC(=O)NC1CC(C)C1)CC(=O)O. The van der Waals surface area contributed by atoms with Crippen molar-refractivity contribution in [3.8, 4) is 0 Å². The molecule has 1 aliphatic rings. The topological polar surface area (TPSA) is 78.4 Å². The van der Waals surface area contributed by atoms with Gasteiger partial charge < -0.3 is 15.7 Å². The first-order valence-electron chi connectivity index (χ1n) is 6.27. The van der Waals surface area contributed by atoms with E-state index >= 15 is 0 Å². The monoisotopic (exact) mass is 242 g/mol. The van der Waals surface area contributed by atoms with Crippen LogP contribution in [0.2, 0.25) is 0 Å². The standard InChI is InChI=1S/C12H22N2O3/c1-3-9(6-11(15)16)7-13-12(17)14-10-4-8(2)5-10/h8-10H,3-7H2,1-2H3,(H,15,16)(H2,13,14,17). The van der Waals surface area contributed by atoms with Crippen LogP contribution in [-0.4, -0.2) is 29.7 Å². The van der Waals surface area contributed by atoms with Crippen molar-refractivity contribution in [2.24, 2.45) is 11.8 Å². The smallest absolute Gasteiger partial charge is 0.315 e. The van der Waals surface area contributed by atoms with Gasteiger partial charge in [-0.25, -0.2) is 4.79 Å². The number of urea groups is 1. The highest BCUT2D eigenvalue weighted by Crippen LogP contribution is 2.25. The fourth-order valence-electron chi connectivity index (χ4n) is 2.10. The van der Waals surface area contributed by atoms with Crippen LogP contribution >= 0.6 is 0 Å². The van der Waals surface area contributed by atoms with Crippen LogP contribution in [0, 0.1) is 11.8 Å². The van der Waals surface area contributed by atoms with Gasteiger partial charge in [0.25, 0.3) is 0 Å². The van der Waals surface area contributed by atoms with E-state index in [1.807, 2.05) is 6.92 Å². The molecule has 5 heteroatoms. The molecule has 0 bridgehead atoms. The summed E-state index contributed by atoms with van der Waals surface area (Å²) in [5.41, 5.74) is 0. The Balaban J connectivity index is 2.15. The Kier molecular flexibility index (Phi) is 5.25. The molecule has 5 nitrogen and oxygen atoms in total. The zero-order valence-corrected chi connectivity index (χ0v) is 10.5. The first kappa shape index (κ1) is 13.8. The van der Waals surface area contributed by atoms with E-state index in [-0.39, 0.29) is 18.4 Å². The van der Waals surface area contributed by atoms with Crippen LogP contribution in [0.3, 0.4) is 0 Å². The van der Waals surface area contributed by atoms with Crippen molar-refractivity contribution in [3.63, 3.8) is 0 Å². The van der Waals surface area contributed by atoms with Gasteiger partial charge in [-0.2, -0.15) is 0 Å². The Morgan fingerprint density at radius 3 is 2.53 bits per heavy atom. The Hall–Kier alpha value is -1.26. The summed E-state index contributed by atoms with van der Waals surface area (Å²) in [7, 11) is 0. The van der Waals surface area contributed by atoms with E-state index in [0.717, 1.165) is 19.3 Å². The van der Waals surface area contributed by atoms with Gasteiger partial charge in [0.15, 0.2) is 0 Å². The van der Waals surface area contributed by atoms with Crippen molar-refractivity contribution in [1.82, 2.24) is 10.6 Å². The third kappa shape index (κ3) is 5.06. The zero-order valence-electron chi connectivity index (χ0n) is 10.5. The maximum atomic E-state index is 11.5. The Labute approximate surface area is 102 Å². The lowest BCUT2D eigenvalue weighted by atomic mass is 9.82. The average Bonchev–Trinajstić information content (AvgIpc) is 2.21.